The molecule has 0 fully saturated rings. The van der Waals surface area contributed by atoms with Crippen molar-refractivity contribution >= 4 is 57.9 Å². The fraction of sp³-hybridized carbons (Fsp3) is 0. The average Bonchev–Trinajstić information content (AvgIpc) is 3.55. The van der Waals surface area contributed by atoms with Gasteiger partial charge in [-0.15, -0.1) is 22.7 Å². The zero-order valence-corrected chi connectivity index (χ0v) is 20.4. The molecule has 0 saturated heterocycles. The zero-order valence-electron chi connectivity index (χ0n) is 18.8. The van der Waals surface area contributed by atoms with Crippen molar-refractivity contribution in [2.24, 2.45) is 0 Å². The van der Waals surface area contributed by atoms with E-state index in [1.165, 1.54) is 34.8 Å². The van der Waals surface area contributed by atoms with Crippen molar-refractivity contribution in [3.63, 3.8) is 0 Å². The maximum Gasteiger partial charge on any atom is 0.337 e. The minimum absolute atomic E-state index is 0.0543. The topological polar surface area (TPSA) is 100 Å². The number of benzene rings is 2. The van der Waals surface area contributed by atoms with Crippen LogP contribution in [0.25, 0.3) is 33.3 Å². The van der Waals surface area contributed by atoms with E-state index in [4.69, 9.17) is 0 Å². The molecule has 8 heteroatoms. The number of thiazole rings is 2. The standard InChI is InChI=1S/C28H20N2O4S2/c31-27(32)21(15-7-13-19-9-3-1-4-10-19)23-17-35-25(29-23)26-30-24(18-36-26)22(28(33)34)16-8-14-20-11-5-2-6-12-20/h1-18H,(H,31,32)(H,33,34)/b13-7-,14-8-,21-15-,22-16+. The second-order valence-electron chi connectivity index (χ2n) is 7.39. The largest absolute Gasteiger partial charge is 0.478 e. The number of allylic oxidation sites excluding steroid dienone is 4. The molecular formula is C28H20N2O4S2. The van der Waals surface area contributed by atoms with Crippen LogP contribution in [-0.2, 0) is 9.59 Å². The van der Waals surface area contributed by atoms with Crippen LogP contribution in [0.5, 0.6) is 0 Å². The lowest BCUT2D eigenvalue weighted by Crippen LogP contribution is -2.00. The molecule has 0 bridgehead atoms. The Morgan fingerprint density at radius 2 is 1.03 bits per heavy atom. The van der Waals surface area contributed by atoms with Gasteiger partial charge >= 0.3 is 11.9 Å². The first-order valence-corrected chi connectivity index (χ1v) is 12.5. The fourth-order valence-corrected chi connectivity index (χ4v) is 4.85. The lowest BCUT2D eigenvalue weighted by atomic mass is 10.1. The molecule has 0 radical (unpaired) electrons. The zero-order chi connectivity index (χ0) is 25.3. The molecule has 0 amide bonds. The third kappa shape index (κ3) is 6.38. The van der Waals surface area contributed by atoms with Crippen molar-refractivity contribution in [2.75, 3.05) is 0 Å². The SMILES string of the molecule is O=C(O)/C(=C\C=C/c1ccccc1)c1csc(-c2nc(/C(=C\C=C/c3ccccc3)C(=O)O)cs2)n1. The number of aliphatic carboxylic acids is 2. The molecule has 0 unspecified atom stereocenters. The van der Waals surface area contributed by atoms with E-state index in [-0.39, 0.29) is 11.1 Å². The predicted octanol–water partition coefficient (Wildman–Crippen LogP) is 6.63. The molecule has 2 aromatic carbocycles. The van der Waals surface area contributed by atoms with Gasteiger partial charge in [0.25, 0.3) is 0 Å². The Labute approximate surface area is 215 Å². The van der Waals surface area contributed by atoms with Crippen LogP contribution in [0, 0.1) is 0 Å². The molecule has 178 valence electrons. The molecule has 0 atom stereocenters. The number of aromatic nitrogens is 2. The van der Waals surface area contributed by atoms with E-state index >= 15 is 0 Å². The maximum atomic E-state index is 11.8. The van der Waals surface area contributed by atoms with Crippen molar-refractivity contribution in [1.82, 2.24) is 9.97 Å². The van der Waals surface area contributed by atoms with Gasteiger partial charge < -0.3 is 10.2 Å². The molecule has 0 spiro atoms. The third-order valence-corrected chi connectivity index (χ3v) is 6.73. The van der Waals surface area contributed by atoms with Gasteiger partial charge in [0.15, 0.2) is 10.0 Å². The molecule has 2 aromatic heterocycles. The van der Waals surface area contributed by atoms with E-state index in [0.717, 1.165) is 11.1 Å². The summed E-state index contributed by atoms with van der Waals surface area (Å²) >= 11 is 2.51. The van der Waals surface area contributed by atoms with Gasteiger partial charge in [0.2, 0.25) is 0 Å². The van der Waals surface area contributed by atoms with E-state index in [1.54, 1.807) is 22.9 Å². The number of hydrogen-bond donors (Lipinski definition) is 2. The van der Waals surface area contributed by atoms with E-state index in [9.17, 15) is 19.8 Å². The Morgan fingerprint density at radius 1 is 0.639 bits per heavy atom. The van der Waals surface area contributed by atoms with Crippen LogP contribution in [0.1, 0.15) is 22.5 Å². The summed E-state index contributed by atoms with van der Waals surface area (Å²) in [5.74, 6) is -2.18. The lowest BCUT2D eigenvalue weighted by Gasteiger charge is -1.97. The number of nitrogens with zero attached hydrogens (tertiary/aromatic N) is 2. The highest BCUT2D eigenvalue weighted by atomic mass is 32.1. The van der Waals surface area contributed by atoms with Crippen molar-refractivity contribution in [3.8, 4) is 10.0 Å². The van der Waals surface area contributed by atoms with Crippen LogP contribution in [0.4, 0.5) is 0 Å². The molecule has 6 nitrogen and oxygen atoms in total. The van der Waals surface area contributed by atoms with Crippen molar-refractivity contribution in [2.45, 2.75) is 0 Å². The summed E-state index contributed by atoms with van der Waals surface area (Å²) in [7, 11) is 0. The monoisotopic (exact) mass is 512 g/mol. The number of rotatable bonds is 9. The van der Waals surface area contributed by atoms with Crippen LogP contribution < -0.4 is 0 Å². The van der Waals surface area contributed by atoms with E-state index in [1.807, 2.05) is 72.8 Å². The van der Waals surface area contributed by atoms with Crippen molar-refractivity contribution in [3.05, 3.63) is 118 Å². The van der Waals surface area contributed by atoms with E-state index < -0.39 is 11.9 Å². The first-order chi connectivity index (χ1) is 17.5. The average molecular weight is 513 g/mol. The van der Waals surface area contributed by atoms with Crippen LogP contribution in [0.3, 0.4) is 0 Å². The Morgan fingerprint density at radius 3 is 1.39 bits per heavy atom. The van der Waals surface area contributed by atoms with Gasteiger partial charge in [-0.25, -0.2) is 19.6 Å². The smallest absolute Gasteiger partial charge is 0.337 e. The Kier molecular flexibility index (Phi) is 8.12. The van der Waals surface area contributed by atoms with Gasteiger partial charge in [0.1, 0.15) is 0 Å². The van der Waals surface area contributed by atoms with Gasteiger partial charge in [0.05, 0.1) is 22.5 Å². The van der Waals surface area contributed by atoms with Gasteiger partial charge in [0, 0.05) is 10.8 Å². The first-order valence-electron chi connectivity index (χ1n) is 10.8. The molecule has 0 aliphatic heterocycles. The van der Waals surface area contributed by atoms with Gasteiger partial charge in [-0.05, 0) is 23.3 Å². The van der Waals surface area contributed by atoms with Gasteiger partial charge in [-0.2, -0.15) is 0 Å². The van der Waals surface area contributed by atoms with Crippen LogP contribution in [-0.4, -0.2) is 32.1 Å². The van der Waals surface area contributed by atoms with Gasteiger partial charge in [-0.3, -0.25) is 0 Å². The highest BCUT2D eigenvalue weighted by Gasteiger charge is 2.18. The number of carboxylic acid groups (broad SMARTS) is 2. The second kappa shape index (κ2) is 11.8. The number of carbonyl (C=O) groups is 2. The third-order valence-electron chi connectivity index (χ3n) is 4.91. The Hall–Kier alpha value is -4.40. The molecule has 36 heavy (non-hydrogen) atoms. The number of carboxylic acids is 2. The minimum Gasteiger partial charge on any atom is -0.478 e. The van der Waals surface area contributed by atoms with Crippen molar-refractivity contribution < 1.29 is 19.8 Å². The summed E-state index contributed by atoms with van der Waals surface area (Å²) in [6.45, 7) is 0. The summed E-state index contributed by atoms with van der Waals surface area (Å²) in [5, 5.41) is 23.7. The molecular weight excluding hydrogens is 492 g/mol. The van der Waals surface area contributed by atoms with Crippen LogP contribution >= 0.6 is 22.7 Å². The summed E-state index contributed by atoms with van der Waals surface area (Å²) in [6.07, 6.45) is 9.99. The van der Waals surface area contributed by atoms with Crippen LogP contribution in [0.15, 0.2) is 95.7 Å². The highest BCUT2D eigenvalue weighted by molar-refractivity contribution is 7.19. The minimum atomic E-state index is -1.09. The van der Waals surface area contributed by atoms with E-state index in [2.05, 4.69) is 9.97 Å². The summed E-state index contributed by atoms with van der Waals surface area (Å²) in [6, 6.07) is 19.1. The molecule has 2 heterocycles. The lowest BCUT2D eigenvalue weighted by molar-refractivity contribution is -0.131. The summed E-state index contributed by atoms with van der Waals surface area (Å²) in [5.41, 5.74) is 2.65. The molecule has 4 rings (SSSR count). The van der Waals surface area contributed by atoms with Crippen LogP contribution in [0.2, 0.25) is 0 Å². The fourth-order valence-electron chi connectivity index (χ4n) is 3.16. The summed E-state index contributed by atoms with van der Waals surface area (Å²) in [4.78, 5) is 32.6. The highest BCUT2D eigenvalue weighted by Crippen LogP contribution is 2.31. The molecule has 0 saturated carbocycles. The maximum absolute atomic E-state index is 11.8. The molecule has 0 aliphatic rings. The normalized spacial score (nSPS) is 12.4. The van der Waals surface area contributed by atoms with Crippen molar-refractivity contribution in [1.29, 1.82) is 0 Å². The summed E-state index contributed by atoms with van der Waals surface area (Å²) < 4.78 is 0. The van der Waals surface area contributed by atoms with E-state index in [0.29, 0.717) is 21.4 Å². The number of hydrogen-bond acceptors (Lipinski definition) is 6. The molecule has 2 N–H and O–H groups in total. The second-order valence-corrected chi connectivity index (χ2v) is 9.10. The molecule has 0 aliphatic carbocycles. The molecule has 4 aromatic rings. The van der Waals surface area contributed by atoms with Gasteiger partial charge in [-0.1, -0.05) is 85.0 Å². The first kappa shape index (κ1) is 24.7. The Bertz CT molecular complexity index is 1370. The Balaban J connectivity index is 1.55. The quantitative estimate of drug-likeness (QED) is 0.193. The predicted molar refractivity (Wildman–Crippen MR) is 145 cm³/mol.